The van der Waals surface area contributed by atoms with Gasteiger partial charge in [0.1, 0.15) is 15.6 Å². The number of Topliss-reactive ketones (excluding diaryl/α,β-unsaturated/α-hetero) is 1. The van der Waals surface area contributed by atoms with E-state index in [1.165, 1.54) is 11.8 Å². The molecule has 6 heteroatoms. The maximum atomic E-state index is 11.4. The Hall–Kier alpha value is -0.520. The summed E-state index contributed by atoms with van der Waals surface area (Å²) in [6, 6.07) is 7.24. The van der Waals surface area contributed by atoms with Crippen LogP contribution in [0.25, 0.3) is 0 Å². The van der Waals surface area contributed by atoms with E-state index >= 15 is 0 Å². The highest BCUT2D eigenvalue weighted by atomic mass is 35.5. The van der Waals surface area contributed by atoms with Crippen molar-refractivity contribution < 1.29 is 13.2 Å². The molecule has 1 aromatic carbocycles. The summed E-state index contributed by atoms with van der Waals surface area (Å²) in [7, 11) is -3.07. The Balaban J connectivity index is 2.42. The van der Waals surface area contributed by atoms with E-state index in [1.54, 1.807) is 6.07 Å². The molecular formula is C11H13ClO3S2. The van der Waals surface area contributed by atoms with Crippen LogP contribution >= 0.6 is 23.4 Å². The third kappa shape index (κ3) is 6.10. The number of thioether (sulfide) groups is 1. The van der Waals surface area contributed by atoms with Gasteiger partial charge in [-0.15, -0.1) is 11.8 Å². The van der Waals surface area contributed by atoms with Crippen LogP contribution in [0, 0.1) is 0 Å². The van der Waals surface area contributed by atoms with Gasteiger partial charge in [0, 0.05) is 17.6 Å². The van der Waals surface area contributed by atoms with Gasteiger partial charge in [-0.1, -0.05) is 23.7 Å². The van der Waals surface area contributed by atoms with E-state index in [0.717, 1.165) is 11.2 Å². The van der Waals surface area contributed by atoms with Crippen molar-refractivity contribution in [2.24, 2.45) is 0 Å². The fourth-order valence-electron chi connectivity index (χ4n) is 1.09. The first-order chi connectivity index (χ1) is 7.88. The van der Waals surface area contributed by atoms with Gasteiger partial charge < -0.3 is 0 Å². The minimum atomic E-state index is -3.07. The van der Waals surface area contributed by atoms with Crippen molar-refractivity contribution in [3.05, 3.63) is 29.3 Å². The van der Waals surface area contributed by atoms with Crippen LogP contribution in [0.2, 0.25) is 5.02 Å². The Bertz CT molecular complexity index is 497. The van der Waals surface area contributed by atoms with Crippen molar-refractivity contribution >= 4 is 39.0 Å². The van der Waals surface area contributed by atoms with E-state index in [1.807, 2.05) is 18.2 Å². The lowest BCUT2D eigenvalue weighted by atomic mass is 10.3. The number of benzene rings is 1. The van der Waals surface area contributed by atoms with Crippen molar-refractivity contribution in [2.75, 3.05) is 17.8 Å². The van der Waals surface area contributed by atoms with Gasteiger partial charge in [0.2, 0.25) is 0 Å². The molecule has 17 heavy (non-hydrogen) atoms. The molecule has 0 spiro atoms. The van der Waals surface area contributed by atoms with Gasteiger partial charge in [0.25, 0.3) is 0 Å². The zero-order chi connectivity index (χ0) is 12.9. The van der Waals surface area contributed by atoms with E-state index < -0.39 is 9.84 Å². The smallest absolute Gasteiger partial charge is 0.147 e. The molecule has 3 nitrogen and oxygen atoms in total. The van der Waals surface area contributed by atoms with E-state index in [0.29, 0.717) is 5.02 Å². The van der Waals surface area contributed by atoms with Gasteiger partial charge in [0.15, 0.2) is 0 Å². The Morgan fingerprint density at radius 1 is 1.35 bits per heavy atom. The normalized spacial score (nSPS) is 11.4. The molecule has 1 aromatic rings. The molecule has 0 amide bonds. The highest BCUT2D eigenvalue weighted by molar-refractivity contribution is 8.00. The van der Waals surface area contributed by atoms with Crippen LogP contribution in [-0.4, -0.2) is 32.0 Å². The molecule has 0 heterocycles. The number of hydrogen-bond donors (Lipinski definition) is 0. The maximum Gasteiger partial charge on any atom is 0.147 e. The van der Waals surface area contributed by atoms with Crippen LogP contribution in [0.15, 0.2) is 29.2 Å². The average Bonchev–Trinajstić information content (AvgIpc) is 2.24. The van der Waals surface area contributed by atoms with Gasteiger partial charge >= 0.3 is 0 Å². The number of hydrogen-bond acceptors (Lipinski definition) is 4. The second-order valence-electron chi connectivity index (χ2n) is 3.64. The highest BCUT2D eigenvalue weighted by Crippen LogP contribution is 2.26. The van der Waals surface area contributed by atoms with Crippen molar-refractivity contribution in [3.8, 4) is 0 Å². The second kappa shape index (κ2) is 6.42. The minimum absolute atomic E-state index is 0.0658. The standard InChI is InChI=1S/C11H13ClO3S2/c1-17(14,15)7-6-9(13)8-16-11-5-3-2-4-10(11)12/h2-5H,6-8H2,1H3. The molecule has 0 atom stereocenters. The first-order valence-corrected chi connectivity index (χ1v) is 8.37. The predicted octanol–water partition coefficient (Wildman–Crippen LogP) is 2.44. The summed E-state index contributed by atoms with van der Waals surface area (Å²) < 4.78 is 21.8. The highest BCUT2D eigenvalue weighted by Gasteiger charge is 2.09. The van der Waals surface area contributed by atoms with E-state index in [9.17, 15) is 13.2 Å². The van der Waals surface area contributed by atoms with E-state index in [4.69, 9.17) is 11.6 Å². The lowest BCUT2D eigenvalue weighted by molar-refractivity contribution is -0.116. The second-order valence-corrected chi connectivity index (χ2v) is 7.32. The largest absolute Gasteiger partial charge is 0.299 e. The Kier molecular flexibility index (Phi) is 5.49. The molecule has 94 valence electrons. The van der Waals surface area contributed by atoms with Gasteiger partial charge in [-0.05, 0) is 12.1 Å². The number of halogens is 1. The molecule has 0 radical (unpaired) electrons. The van der Waals surface area contributed by atoms with Crippen LogP contribution in [0.3, 0.4) is 0 Å². The third-order valence-corrected chi connectivity index (χ3v) is 4.50. The van der Waals surface area contributed by atoms with Crippen LogP contribution < -0.4 is 0 Å². The molecular weight excluding hydrogens is 280 g/mol. The average molecular weight is 293 g/mol. The summed E-state index contributed by atoms with van der Waals surface area (Å²) in [4.78, 5) is 12.3. The Morgan fingerprint density at radius 3 is 2.59 bits per heavy atom. The topological polar surface area (TPSA) is 51.2 Å². The van der Waals surface area contributed by atoms with Crippen LogP contribution in [0.1, 0.15) is 6.42 Å². The van der Waals surface area contributed by atoms with Crippen LogP contribution in [-0.2, 0) is 14.6 Å². The number of rotatable bonds is 6. The quantitative estimate of drug-likeness (QED) is 0.756. The molecule has 1 rings (SSSR count). The lowest BCUT2D eigenvalue weighted by Crippen LogP contribution is -2.10. The number of carbonyl (C=O) groups excluding carboxylic acids is 1. The summed E-state index contributed by atoms with van der Waals surface area (Å²) in [6.45, 7) is 0. The first kappa shape index (κ1) is 14.5. The summed E-state index contributed by atoms with van der Waals surface area (Å²) in [5, 5.41) is 0.605. The molecule has 0 aromatic heterocycles. The summed E-state index contributed by atoms with van der Waals surface area (Å²) in [5.74, 6) is 0.0779. The molecule has 0 aliphatic rings. The fraction of sp³-hybridized carbons (Fsp3) is 0.364. The summed E-state index contributed by atoms with van der Waals surface area (Å²) in [6.07, 6.45) is 1.19. The summed E-state index contributed by atoms with van der Waals surface area (Å²) in [5.41, 5.74) is 0. The maximum absolute atomic E-state index is 11.4. The first-order valence-electron chi connectivity index (χ1n) is 4.95. The molecule has 0 N–H and O–H groups in total. The SMILES string of the molecule is CS(=O)(=O)CCC(=O)CSc1ccccc1Cl. The van der Waals surface area contributed by atoms with E-state index in [2.05, 4.69) is 0 Å². The Morgan fingerprint density at radius 2 is 2.00 bits per heavy atom. The zero-order valence-corrected chi connectivity index (χ0v) is 11.7. The van der Waals surface area contributed by atoms with Crippen LogP contribution in [0.5, 0.6) is 0 Å². The molecule has 0 aliphatic carbocycles. The van der Waals surface area contributed by atoms with Crippen molar-refractivity contribution in [1.82, 2.24) is 0 Å². The minimum Gasteiger partial charge on any atom is -0.299 e. The zero-order valence-electron chi connectivity index (χ0n) is 9.35. The molecule has 0 saturated carbocycles. The third-order valence-electron chi connectivity index (χ3n) is 1.98. The van der Waals surface area contributed by atoms with E-state index in [-0.39, 0.29) is 23.7 Å². The van der Waals surface area contributed by atoms with Gasteiger partial charge in [-0.3, -0.25) is 4.79 Å². The molecule has 0 fully saturated rings. The van der Waals surface area contributed by atoms with Crippen molar-refractivity contribution in [3.63, 3.8) is 0 Å². The number of sulfone groups is 1. The fourth-order valence-corrected chi connectivity index (χ4v) is 2.83. The monoisotopic (exact) mass is 292 g/mol. The summed E-state index contributed by atoms with van der Waals surface area (Å²) >= 11 is 7.26. The van der Waals surface area contributed by atoms with Crippen molar-refractivity contribution in [2.45, 2.75) is 11.3 Å². The van der Waals surface area contributed by atoms with Crippen LogP contribution in [0.4, 0.5) is 0 Å². The lowest BCUT2D eigenvalue weighted by Gasteiger charge is -2.03. The van der Waals surface area contributed by atoms with Crippen molar-refractivity contribution in [1.29, 1.82) is 0 Å². The predicted molar refractivity (Wildman–Crippen MR) is 71.5 cm³/mol. The number of carbonyl (C=O) groups is 1. The number of ketones is 1. The molecule has 0 aliphatic heterocycles. The Labute approximate surface area is 110 Å². The van der Waals surface area contributed by atoms with Gasteiger partial charge in [0.05, 0.1) is 16.5 Å². The van der Waals surface area contributed by atoms with Gasteiger partial charge in [-0.25, -0.2) is 8.42 Å². The van der Waals surface area contributed by atoms with Gasteiger partial charge in [-0.2, -0.15) is 0 Å². The molecule has 0 bridgehead atoms. The molecule has 0 saturated heterocycles. The molecule has 0 unspecified atom stereocenters.